The Balaban J connectivity index is 3.61. The van der Waals surface area contributed by atoms with E-state index in [4.69, 9.17) is 9.47 Å². The quantitative estimate of drug-likeness (QED) is 0.0377. The highest BCUT2D eigenvalue weighted by Gasteiger charge is 2.16. The van der Waals surface area contributed by atoms with Crippen LogP contribution in [0.1, 0.15) is 213 Å². The van der Waals surface area contributed by atoms with Crippen LogP contribution in [0, 0.1) is 0 Å². The Morgan fingerprint density at radius 1 is 0.407 bits per heavy atom. The number of carbonyl (C=O) groups excluding carboxylic acids is 2. The van der Waals surface area contributed by atoms with Crippen molar-refractivity contribution in [2.24, 2.45) is 0 Å². The number of esters is 2. The van der Waals surface area contributed by atoms with E-state index >= 15 is 0 Å². The van der Waals surface area contributed by atoms with Crippen LogP contribution in [0.2, 0.25) is 0 Å². The van der Waals surface area contributed by atoms with Gasteiger partial charge in [0.1, 0.15) is 6.61 Å². The van der Waals surface area contributed by atoms with Gasteiger partial charge in [0, 0.05) is 12.8 Å². The minimum atomic E-state index is -0.787. The molecule has 0 aromatic heterocycles. The molecule has 0 aromatic rings. The monoisotopic (exact) mass is 819 g/mol. The van der Waals surface area contributed by atoms with Gasteiger partial charge in [-0.2, -0.15) is 0 Å². The number of aliphatic hydroxyl groups excluding tert-OH is 1. The van der Waals surface area contributed by atoms with E-state index in [2.05, 4.69) is 111 Å². The zero-order chi connectivity index (χ0) is 42.8. The molecule has 0 amide bonds. The van der Waals surface area contributed by atoms with E-state index in [0.29, 0.717) is 12.8 Å². The minimum Gasteiger partial charge on any atom is -0.462 e. The molecule has 5 heteroatoms. The summed E-state index contributed by atoms with van der Waals surface area (Å²) in [5, 5.41) is 9.61. The van der Waals surface area contributed by atoms with Crippen molar-refractivity contribution in [2.75, 3.05) is 13.2 Å². The van der Waals surface area contributed by atoms with Crippen LogP contribution in [0.5, 0.6) is 0 Å². The molecule has 59 heavy (non-hydrogen) atoms. The number of hydrogen-bond acceptors (Lipinski definition) is 5. The van der Waals surface area contributed by atoms with Crippen LogP contribution in [0.3, 0.4) is 0 Å². The van der Waals surface area contributed by atoms with Gasteiger partial charge in [0.25, 0.3) is 0 Å². The largest absolute Gasteiger partial charge is 0.462 e. The maximum atomic E-state index is 12.2. The van der Waals surface area contributed by atoms with E-state index in [-0.39, 0.29) is 25.2 Å². The van der Waals surface area contributed by atoms with Gasteiger partial charge in [-0.3, -0.25) is 9.59 Å². The van der Waals surface area contributed by atoms with Crippen LogP contribution in [0.25, 0.3) is 0 Å². The first-order valence-electron chi connectivity index (χ1n) is 24.3. The first-order chi connectivity index (χ1) is 29.1. The lowest BCUT2D eigenvalue weighted by atomic mass is 10.1. The normalized spacial score (nSPS) is 13.1. The Hall–Kier alpha value is -3.18. The van der Waals surface area contributed by atoms with Crippen molar-refractivity contribution >= 4 is 11.9 Å². The molecule has 1 N–H and O–H groups in total. The molecule has 0 aliphatic rings. The van der Waals surface area contributed by atoms with E-state index in [1.807, 2.05) is 0 Å². The van der Waals surface area contributed by atoms with Crippen LogP contribution in [0.4, 0.5) is 0 Å². The number of aliphatic hydroxyl groups is 1. The Kier molecular flexibility index (Phi) is 46.5. The van der Waals surface area contributed by atoms with Gasteiger partial charge >= 0.3 is 11.9 Å². The van der Waals surface area contributed by atoms with E-state index in [1.165, 1.54) is 89.9 Å². The highest BCUT2D eigenvalue weighted by atomic mass is 16.6. The van der Waals surface area contributed by atoms with Crippen molar-refractivity contribution < 1.29 is 24.2 Å². The molecule has 5 nitrogen and oxygen atoms in total. The fraction of sp³-hybridized carbons (Fsp3) is 0.667. The van der Waals surface area contributed by atoms with Crippen molar-refractivity contribution in [2.45, 2.75) is 219 Å². The lowest BCUT2D eigenvalue weighted by molar-refractivity contribution is -0.161. The molecule has 0 aliphatic heterocycles. The number of unbranched alkanes of at least 4 members (excludes halogenated alkanes) is 19. The van der Waals surface area contributed by atoms with Crippen LogP contribution >= 0.6 is 0 Å². The number of allylic oxidation sites excluding steroid dienone is 16. The molecule has 0 aliphatic carbocycles. The first kappa shape index (κ1) is 55.8. The second kappa shape index (κ2) is 49.2. The highest BCUT2D eigenvalue weighted by molar-refractivity contribution is 5.70. The Labute approximate surface area is 364 Å². The molecule has 0 fully saturated rings. The third-order valence-corrected chi connectivity index (χ3v) is 10.1. The molecule has 0 aromatic carbocycles. The molecule has 1 unspecified atom stereocenters. The summed E-state index contributed by atoms with van der Waals surface area (Å²) in [6.45, 7) is 4.00. The number of hydrogen-bond donors (Lipinski definition) is 1. The van der Waals surface area contributed by atoms with E-state index in [0.717, 1.165) is 96.3 Å². The van der Waals surface area contributed by atoms with Gasteiger partial charge in [-0.15, -0.1) is 0 Å². The molecule has 0 spiro atoms. The second-order valence-corrected chi connectivity index (χ2v) is 15.8. The maximum absolute atomic E-state index is 12.2. The van der Waals surface area contributed by atoms with Gasteiger partial charge in [-0.1, -0.05) is 201 Å². The van der Waals surface area contributed by atoms with Gasteiger partial charge in [-0.25, -0.2) is 0 Å². The van der Waals surface area contributed by atoms with Crippen molar-refractivity contribution in [1.82, 2.24) is 0 Å². The zero-order valence-corrected chi connectivity index (χ0v) is 38.2. The molecule has 0 radical (unpaired) electrons. The minimum absolute atomic E-state index is 0.0794. The molecule has 0 heterocycles. The van der Waals surface area contributed by atoms with Crippen molar-refractivity contribution in [3.8, 4) is 0 Å². The lowest BCUT2D eigenvalue weighted by Gasteiger charge is -2.15. The van der Waals surface area contributed by atoms with Gasteiger partial charge in [-0.05, 0) is 96.3 Å². The van der Waals surface area contributed by atoms with Crippen LogP contribution < -0.4 is 0 Å². The first-order valence-corrected chi connectivity index (χ1v) is 24.3. The Bertz CT molecular complexity index is 1150. The average Bonchev–Trinajstić information content (AvgIpc) is 3.24. The van der Waals surface area contributed by atoms with E-state index in [1.54, 1.807) is 0 Å². The van der Waals surface area contributed by atoms with Crippen molar-refractivity contribution in [1.29, 1.82) is 0 Å². The smallest absolute Gasteiger partial charge is 0.306 e. The molecule has 0 saturated heterocycles. The summed E-state index contributed by atoms with van der Waals surface area (Å²) in [5.74, 6) is -0.617. The Morgan fingerprint density at radius 2 is 0.729 bits per heavy atom. The molecule has 0 bridgehead atoms. The summed E-state index contributed by atoms with van der Waals surface area (Å²) >= 11 is 0. The van der Waals surface area contributed by atoms with Gasteiger partial charge in [0.2, 0.25) is 0 Å². The third kappa shape index (κ3) is 47.4. The standard InChI is InChI=1S/C54H90O5/c1-3-5-7-9-11-13-15-17-19-21-22-23-24-25-26-27-28-29-30-31-32-33-35-37-39-41-43-45-47-49-54(57)59-52(50-55)51-58-53(56)48-46-44-42-40-38-36-34-20-18-16-14-12-10-8-6-4-2/h5,7,11,13,17,19-20,22-23,25-26,28-29,31-32,34,52,55H,3-4,6,8-10,12,14-16,18,21,24,27,30,33,35-51H2,1-2H3/b7-5-,13-11-,19-17-,23-22-,26-25-,29-28-,32-31-,34-20-. The molecular weight excluding hydrogens is 729 g/mol. The summed E-state index contributed by atoms with van der Waals surface area (Å²) in [5.41, 5.74) is 0. The number of rotatable bonds is 43. The fourth-order valence-corrected chi connectivity index (χ4v) is 6.47. The SMILES string of the molecule is CC/C=C\C/C=C\C/C=C\C/C=C\C/C=C\C/C=C\C/C=C\CCCCCCCCCC(=O)OC(CO)COC(=O)CCCCCCC/C=C\CCCCCCCCC. The molecule has 336 valence electrons. The third-order valence-electron chi connectivity index (χ3n) is 10.1. The summed E-state index contributed by atoms with van der Waals surface area (Å²) in [6, 6.07) is 0. The summed E-state index contributed by atoms with van der Waals surface area (Å²) < 4.78 is 10.6. The highest BCUT2D eigenvalue weighted by Crippen LogP contribution is 2.13. The number of carbonyl (C=O) groups is 2. The topological polar surface area (TPSA) is 72.8 Å². The van der Waals surface area contributed by atoms with Gasteiger partial charge in [0.15, 0.2) is 6.10 Å². The Morgan fingerprint density at radius 3 is 1.12 bits per heavy atom. The van der Waals surface area contributed by atoms with Crippen molar-refractivity contribution in [3.63, 3.8) is 0 Å². The van der Waals surface area contributed by atoms with Crippen LogP contribution in [-0.2, 0) is 19.1 Å². The van der Waals surface area contributed by atoms with Crippen LogP contribution in [0.15, 0.2) is 97.2 Å². The average molecular weight is 819 g/mol. The maximum Gasteiger partial charge on any atom is 0.306 e. The molecule has 0 saturated carbocycles. The summed E-state index contributed by atoms with van der Waals surface area (Å²) in [7, 11) is 0. The second-order valence-electron chi connectivity index (χ2n) is 15.8. The van der Waals surface area contributed by atoms with E-state index in [9.17, 15) is 14.7 Å². The molecule has 0 rings (SSSR count). The van der Waals surface area contributed by atoms with Crippen molar-refractivity contribution in [3.05, 3.63) is 97.2 Å². The van der Waals surface area contributed by atoms with Gasteiger partial charge < -0.3 is 14.6 Å². The molecular formula is C54H90O5. The summed E-state index contributed by atoms with van der Waals surface area (Å²) in [6.07, 6.45) is 69.1. The van der Waals surface area contributed by atoms with Crippen LogP contribution in [-0.4, -0.2) is 36.4 Å². The fourth-order valence-electron chi connectivity index (χ4n) is 6.47. The predicted octanol–water partition coefficient (Wildman–Crippen LogP) is 16.0. The van der Waals surface area contributed by atoms with Gasteiger partial charge in [0.05, 0.1) is 6.61 Å². The number of ether oxygens (including phenoxy) is 2. The zero-order valence-electron chi connectivity index (χ0n) is 38.2. The molecule has 1 atom stereocenters. The predicted molar refractivity (Wildman–Crippen MR) is 256 cm³/mol. The summed E-state index contributed by atoms with van der Waals surface area (Å²) in [4.78, 5) is 24.4. The lowest BCUT2D eigenvalue weighted by Crippen LogP contribution is -2.28. The van der Waals surface area contributed by atoms with E-state index < -0.39 is 6.10 Å².